The zero-order valence-corrected chi connectivity index (χ0v) is 36.0. The van der Waals surface area contributed by atoms with Gasteiger partial charge in [0.05, 0.1) is 6.04 Å². The molecule has 0 N–H and O–H groups in total. The maximum absolute atomic E-state index is 2.53. The summed E-state index contributed by atoms with van der Waals surface area (Å²) in [7, 11) is 0. The fraction of sp³-hybridized carbons (Fsp3) is 0.0968. The molecule has 63 heavy (non-hydrogen) atoms. The lowest BCUT2D eigenvalue weighted by atomic mass is 9.81. The van der Waals surface area contributed by atoms with Gasteiger partial charge in [-0.05, 0) is 137 Å². The Labute approximate surface area is 372 Å². The van der Waals surface area contributed by atoms with E-state index in [4.69, 9.17) is 0 Å². The number of fused-ring (bicyclic) bond motifs is 4. The Morgan fingerprint density at radius 2 is 0.921 bits per heavy atom. The number of allylic oxidation sites excluding steroid dienone is 2. The summed E-state index contributed by atoms with van der Waals surface area (Å²) in [4.78, 5) is 2.53. The van der Waals surface area contributed by atoms with E-state index in [2.05, 4.69) is 256 Å². The van der Waals surface area contributed by atoms with E-state index in [-0.39, 0.29) is 17.4 Å². The van der Waals surface area contributed by atoms with Crippen LogP contribution in [-0.2, 0) is 5.41 Å². The molecule has 0 bridgehead atoms. The van der Waals surface area contributed by atoms with Gasteiger partial charge in [-0.3, -0.25) is 0 Å². The van der Waals surface area contributed by atoms with Crippen LogP contribution >= 0.6 is 0 Å². The van der Waals surface area contributed by atoms with E-state index in [1.807, 2.05) is 0 Å². The van der Waals surface area contributed by atoms with Crippen LogP contribution in [-0.4, -0.2) is 6.04 Å². The highest BCUT2D eigenvalue weighted by molar-refractivity contribution is 5.89. The zero-order valence-electron chi connectivity index (χ0n) is 36.0. The van der Waals surface area contributed by atoms with Gasteiger partial charge in [-0.25, -0.2) is 0 Å². The molecule has 0 spiro atoms. The Kier molecular flexibility index (Phi) is 9.62. The summed E-state index contributed by atoms with van der Waals surface area (Å²) in [5.74, 6) is 0.246. The number of rotatable bonds is 8. The molecule has 0 heterocycles. The second kappa shape index (κ2) is 15.8. The van der Waals surface area contributed by atoms with Crippen molar-refractivity contribution >= 4 is 27.7 Å². The molecule has 0 amide bonds. The monoisotopic (exact) mass is 807 g/mol. The van der Waals surface area contributed by atoms with Crippen molar-refractivity contribution in [2.24, 2.45) is 5.92 Å². The topological polar surface area (TPSA) is 3.24 Å². The minimum atomic E-state index is -0.0331. The highest BCUT2D eigenvalue weighted by Crippen LogP contribution is 2.49. The highest BCUT2D eigenvalue weighted by atomic mass is 15.2. The first kappa shape index (κ1) is 38.4. The minimum absolute atomic E-state index is 0.0331. The van der Waals surface area contributed by atoms with Crippen molar-refractivity contribution in [1.29, 1.82) is 0 Å². The predicted octanol–water partition coefficient (Wildman–Crippen LogP) is 16.6. The molecule has 1 nitrogen and oxygen atoms in total. The molecule has 11 rings (SSSR count). The Balaban J connectivity index is 0.888. The maximum Gasteiger partial charge on any atom is 0.0585 e. The van der Waals surface area contributed by atoms with Gasteiger partial charge in [0, 0.05) is 16.8 Å². The first-order valence-electron chi connectivity index (χ1n) is 22.3. The van der Waals surface area contributed by atoms with Gasteiger partial charge in [0.2, 0.25) is 0 Å². The predicted molar refractivity (Wildman–Crippen MR) is 268 cm³/mol. The number of hydrogen-bond donors (Lipinski definition) is 0. The molecule has 9 aromatic rings. The second-order valence-electron chi connectivity index (χ2n) is 17.8. The molecule has 302 valence electrons. The van der Waals surface area contributed by atoms with Gasteiger partial charge in [-0.1, -0.05) is 209 Å². The van der Waals surface area contributed by atoms with Crippen molar-refractivity contribution in [3.63, 3.8) is 0 Å². The van der Waals surface area contributed by atoms with Gasteiger partial charge in [0.15, 0.2) is 0 Å². The van der Waals surface area contributed by atoms with Gasteiger partial charge in [0.25, 0.3) is 0 Å². The minimum Gasteiger partial charge on any atom is -0.334 e. The summed E-state index contributed by atoms with van der Waals surface area (Å²) in [5, 5.41) is 2.52. The molecule has 0 aliphatic heterocycles. The van der Waals surface area contributed by atoms with Crippen LogP contribution in [0.4, 0.5) is 11.4 Å². The molecule has 2 aliphatic carbocycles. The summed E-state index contributed by atoms with van der Waals surface area (Å²) in [6.45, 7) is 7.09. The van der Waals surface area contributed by atoms with Crippen molar-refractivity contribution < 1.29 is 0 Å². The Morgan fingerprint density at radius 3 is 1.68 bits per heavy atom. The molecule has 2 atom stereocenters. The van der Waals surface area contributed by atoms with Gasteiger partial charge < -0.3 is 4.90 Å². The standard InChI is InChI=1S/C62H49N/c1-42-37-52(54-31-35-58-57-21-9-10-22-59(57)62(2,3)60(58)41-54)32-36-61(42)63(56-20-12-19-51(40-56)43-13-5-4-6-14-43)55-33-29-46(30-34-55)45-23-25-47(26-24-45)49-17-11-18-50(38-49)53-28-27-44-15-7-8-16-48(44)39-53/h4-42,61H,1-3H3. The van der Waals surface area contributed by atoms with Crippen molar-refractivity contribution in [1.82, 2.24) is 0 Å². The molecule has 9 aromatic carbocycles. The van der Waals surface area contributed by atoms with Crippen LogP contribution in [0.25, 0.3) is 72.0 Å². The fourth-order valence-electron chi connectivity index (χ4n) is 10.1. The average molecular weight is 808 g/mol. The highest BCUT2D eigenvalue weighted by Gasteiger charge is 2.35. The lowest BCUT2D eigenvalue weighted by Crippen LogP contribution is -2.35. The number of nitrogens with zero attached hydrogens (tertiary/aromatic N) is 1. The van der Waals surface area contributed by atoms with E-state index in [0.29, 0.717) is 0 Å². The summed E-state index contributed by atoms with van der Waals surface area (Å²) < 4.78 is 0. The van der Waals surface area contributed by atoms with E-state index in [0.717, 1.165) is 0 Å². The van der Waals surface area contributed by atoms with Crippen LogP contribution in [0.2, 0.25) is 0 Å². The quantitative estimate of drug-likeness (QED) is 0.148. The lowest BCUT2D eigenvalue weighted by Gasteiger charge is -2.37. The molecule has 0 aromatic heterocycles. The van der Waals surface area contributed by atoms with Crippen molar-refractivity contribution in [2.45, 2.75) is 32.2 Å². The molecule has 2 aliphatic rings. The fourth-order valence-corrected chi connectivity index (χ4v) is 10.1. The zero-order chi connectivity index (χ0) is 42.5. The first-order valence-corrected chi connectivity index (χ1v) is 22.3. The van der Waals surface area contributed by atoms with Gasteiger partial charge in [-0.15, -0.1) is 0 Å². The van der Waals surface area contributed by atoms with Crippen LogP contribution in [0.5, 0.6) is 0 Å². The third-order valence-electron chi connectivity index (χ3n) is 13.5. The van der Waals surface area contributed by atoms with E-state index < -0.39 is 0 Å². The molecule has 0 fully saturated rings. The van der Waals surface area contributed by atoms with Crippen LogP contribution in [0.3, 0.4) is 0 Å². The van der Waals surface area contributed by atoms with Gasteiger partial charge in [-0.2, -0.15) is 0 Å². The van der Waals surface area contributed by atoms with Crippen LogP contribution in [0.15, 0.2) is 231 Å². The smallest absolute Gasteiger partial charge is 0.0585 e. The first-order chi connectivity index (χ1) is 30.9. The number of hydrogen-bond acceptors (Lipinski definition) is 1. The molecular formula is C62H49N. The number of anilines is 2. The normalized spacial score (nSPS) is 16.0. The van der Waals surface area contributed by atoms with Crippen molar-refractivity contribution in [3.05, 3.63) is 247 Å². The summed E-state index contributed by atoms with van der Waals surface area (Å²) in [6, 6.07) is 78.2. The molecule has 1 heteroatoms. The van der Waals surface area contributed by atoms with E-state index in [1.54, 1.807) is 0 Å². The molecule has 0 saturated heterocycles. The van der Waals surface area contributed by atoms with Gasteiger partial charge >= 0.3 is 0 Å². The molecular weight excluding hydrogens is 759 g/mol. The Bertz CT molecular complexity index is 3200. The summed E-state index contributed by atoms with van der Waals surface area (Å²) >= 11 is 0. The van der Waals surface area contributed by atoms with Gasteiger partial charge in [0.1, 0.15) is 0 Å². The molecule has 0 radical (unpaired) electrons. The van der Waals surface area contributed by atoms with Crippen LogP contribution in [0, 0.1) is 5.92 Å². The summed E-state index contributed by atoms with van der Waals surface area (Å²) in [5.41, 5.74) is 20.1. The van der Waals surface area contributed by atoms with E-state index in [9.17, 15) is 0 Å². The molecule has 0 saturated carbocycles. The largest absolute Gasteiger partial charge is 0.334 e. The SMILES string of the molecule is CC1C=C(c2ccc3c(c2)C(C)(C)c2ccccc2-3)C=CC1N(c1ccc(-c2ccc(-c3cccc(-c4ccc5ccccc5c4)c3)cc2)cc1)c1cccc(-c2ccccc2)c1. The van der Waals surface area contributed by atoms with Crippen molar-refractivity contribution in [3.8, 4) is 55.6 Å². The third-order valence-corrected chi connectivity index (χ3v) is 13.5. The number of benzene rings is 9. The Hall–Kier alpha value is -7.48. The van der Waals surface area contributed by atoms with Crippen molar-refractivity contribution in [2.75, 3.05) is 4.90 Å². The summed E-state index contributed by atoms with van der Waals surface area (Å²) in [6.07, 6.45) is 7.25. The van der Waals surface area contributed by atoms with E-state index >= 15 is 0 Å². The second-order valence-corrected chi connectivity index (χ2v) is 17.8. The molecule has 2 unspecified atom stereocenters. The average Bonchev–Trinajstić information content (AvgIpc) is 3.57. The third kappa shape index (κ3) is 7.10. The van der Waals surface area contributed by atoms with Crippen LogP contribution < -0.4 is 4.90 Å². The van der Waals surface area contributed by atoms with E-state index in [1.165, 1.54) is 100 Å². The lowest BCUT2D eigenvalue weighted by molar-refractivity contribution is 0.611. The maximum atomic E-state index is 2.53. The Morgan fingerprint density at radius 1 is 0.381 bits per heavy atom. The van der Waals surface area contributed by atoms with Crippen LogP contribution in [0.1, 0.15) is 37.5 Å².